The smallest absolute Gasteiger partial charge is 0.318 e. The molecule has 1 atom stereocenters. The third-order valence-corrected chi connectivity index (χ3v) is 11.6. The lowest BCUT2D eigenvalue weighted by Crippen LogP contribution is -2.61. The van der Waals surface area contributed by atoms with Gasteiger partial charge in [0.05, 0.1) is 31.6 Å². The Morgan fingerprint density at radius 3 is 2.36 bits per heavy atom. The number of carbonyl (C=O) groups is 2. The maximum Gasteiger partial charge on any atom is 0.318 e. The third-order valence-electron chi connectivity index (χ3n) is 9.60. The molecule has 0 radical (unpaired) electrons. The average molecular weight is 727 g/mol. The molecule has 0 spiro atoms. The van der Waals surface area contributed by atoms with Crippen LogP contribution < -0.4 is 23.8 Å². The number of rotatable bonds is 9. The maximum absolute atomic E-state index is 15.2. The lowest BCUT2D eigenvalue weighted by molar-refractivity contribution is -0.121. The van der Waals surface area contributed by atoms with E-state index < -0.39 is 27.5 Å². The Kier molecular flexibility index (Phi) is 10.2. The van der Waals surface area contributed by atoms with Crippen LogP contribution >= 0.6 is 11.6 Å². The molecule has 6 rings (SSSR count). The Morgan fingerprint density at radius 1 is 0.980 bits per heavy atom. The normalized spacial score (nSPS) is 20.6. The van der Waals surface area contributed by atoms with Crippen molar-refractivity contribution in [2.24, 2.45) is 0 Å². The van der Waals surface area contributed by atoms with Gasteiger partial charge in [0, 0.05) is 55.1 Å². The number of halogens is 1. The number of piperidine rings is 1. The molecule has 1 N–H and O–H groups in total. The predicted molar refractivity (Wildman–Crippen MR) is 189 cm³/mol. The minimum Gasteiger partial charge on any atom is -0.497 e. The number of sulfonamides is 1. The molecule has 13 nitrogen and oxygen atoms in total. The van der Waals surface area contributed by atoms with Crippen molar-refractivity contribution in [1.82, 2.24) is 25.0 Å². The number of amides is 3. The number of likely N-dealkylation sites (tertiary alicyclic amines) is 1. The minimum absolute atomic E-state index is 0.0176. The fourth-order valence-corrected chi connectivity index (χ4v) is 8.80. The van der Waals surface area contributed by atoms with E-state index in [0.717, 1.165) is 25.9 Å². The summed E-state index contributed by atoms with van der Waals surface area (Å²) >= 11 is 6.56. The Bertz CT molecular complexity index is 1860. The molecular weight excluding hydrogens is 684 g/mol. The van der Waals surface area contributed by atoms with Gasteiger partial charge in [-0.2, -0.15) is 4.31 Å². The largest absolute Gasteiger partial charge is 0.497 e. The number of hydrogen-bond donors (Lipinski definition) is 1. The van der Waals surface area contributed by atoms with E-state index in [1.807, 2.05) is 13.8 Å². The van der Waals surface area contributed by atoms with Crippen molar-refractivity contribution in [2.75, 3.05) is 64.8 Å². The molecule has 268 valence electrons. The van der Waals surface area contributed by atoms with Crippen molar-refractivity contribution in [3.63, 3.8) is 0 Å². The summed E-state index contributed by atoms with van der Waals surface area (Å²) in [7, 11) is 0.248. The van der Waals surface area contributed by atoms with Crippen LogP contribution in [0.5, 0.6) is 17.4 Å². The molecule has 1 unspecified atom stereocenters. The molecule has 0 aliphatic carbocycles. The second kappa shape index (κ2) is 14.3. The molecule has 0 saturated carbocycles. The van der Waals surface area contributed by atoms with Crippen LogP contribution in [0.15, 0.2) is 59.6 Å². The zero-order valence-corrected chi connectivity index (χ0v) is 30.5. The van der Waals surface area contributed by atoms with Crippen molar-refractivity contribution in [1.29, 1.82) is 0 Å². The summed E-state index contributed by atoms with van der Waals surface area (Å²) in [5, 5.41) is 3.24. The number of aromatic nitrogens is 1. The van der Waals surface area contributed by atoms with Crippen LogP contribution in [0.1, 0.15) is 37.8 Å². The molecule has 1 aromatic heterocycles. The Labute approximate surface area is 298 Å². The van der Waals surface area contributed by atoms with Crippen LogP contribution in [-0.2, 0) is 20.4 Å². The zero-order valence-electron chi connectivity index (χ0n) is 28.9. The van der Waals surface area contributed by atoms with E-state index in [-0.39, 0.29) is 44.5 Å². The number of nitrogens with one attached hydrogen (secondary N) is 1. The second-order valence-electron chi connectivity index (χ2n) is 13.0. The molecule has 50 heavy (non-hydrogen) atoms. The quantitative estimate of drug-likeness (QED) is 0.346. The standard InChI is InChI=1S/C35H43ClN6O7S/c1-23(2)49-32-27(7-6-14-37-32)35(38-34(44)41-19-17-40(18-20-41)25-12-15-39(3)16-13-25)28-21-24(36)8-10-29(28)42(33(35)43)50(45,46)31-11-9-26(47-4)22-30(31)48-5/h6-11,14,21-23,25H,12-13,15-20H2,1-5H3,(H,38,44). The van der Waals surface area contributed by atoms with Crippen molar-refractivity contribution in [2.45, 2.75) is 49.3 Å². The number of pyridine rings is 1. The van der Waals surface area contributed by atoms with Gasteiger partial charge >= 0.3 is 6.03 Å². The van der Waals surface area contributed by atoms with Crippen LogP contribution in [0.3, 0.4) is 0 Å². The number of fused-ring (bicyclic) bond motifs is 1. The molecule has 2 saturated heterocycles. The van der Waals surface area contributed by atoms with Crippen LogP contribution in [0.2, 0.25) is 5.02 Å². The van der Waals surface area contributed by atoms with E-state index in [4.69, 9.17) is 25.8 Å². The fraction of sp³-hybridized carbons (Fsp3) is 0.457. The molecule has 2 aromatic carbocycles. The Balaban J connectivity index is 1.44. The number of anilines is 1. The number of benzene rings is 2. The number of hydrogen-bond acceptors (Lipinski definition) is 10. The van der Waals surface area contributed by atoms with E-state index in [9.17, 15) is 13.2 Å². The van der Waals surface area contributed by atoms with E-state index in [1.54, 1.807) is 17.0 Å². The van der Waals surface area contributed by atoms with Crippen LogP contribution in [0.25, 0.3) is 0 Å². The van der Waals surface area contributed by atoms with Gasteiger partial charge in [-0.05, 0) is 89.3 Å². The summed E-state index contributed by atoms with van der Waals surface area (Å²) in [4.78, 5) is 40.1. The van der Waals surface area contributed by atoms with E-state index in [1.165, 1.54) is 56.8 Å². The molecule has 15 heteroatoms. The van der Waals surface area contributed by atoms with Crippen LogP contribution in [0, 0.1) is 0 Å². The van der Waals surface area contributed by atoms with Gasteiger partial charge in [0.2, 0.25) is 5.88 Å². The number of piperazine rings is 1. The number of carbonyl (C=O) groups excluding carboxylic acids is 2. The number of nitrogens with zero attached hydrogens (tertiary/aromatic N) is 5. The molecule has 2 fully saturated rings. The first-order valence-electron chi connectivity index (χ1n) is 16.6. The highest BCUT2D eigenvalue weighted by atomic mass is 35.5. The monoisotopic (exact) mass is 726 g/mol. The van der Waals surface area contributed by atoms with Crippen molar-refractivity contribution in [3.05, 3.63) is 70.9 Å². The fourth-order valence-electron chi connectivity index (χ4n) is 7.02. The van der Waals surface area contributed by atoms with Gasteiger partial charge in [0.15, 0.2) is 5.54 Å². The van der Waals surface area contributed by atoms with Crippen molar-refractivity contribution in [3.8, 4) is 17.4 Å². The minimum atomic E-state index is -4.66. The lowest BCUT2D eigenvalue weighted by Gasteiger charge is -2.43. The maximum atomic E-state index is 15.2. The molecule has 3 aliphatic rings. The van der Waals surface area contributed by atoms with Gasteiger partial charge in [-0.1, -0.05) is 11.6 Å². The van der Waals surface area contributed by atoms with Crippen LogP contribution in [0.4, 0.5) is 10.5 Å². The number of ether oxygens (including phenoxy) is 3. The van der Waals surface area contributed by atoms with Gasteiger partial charge < -0.3 is 29.3 Å². The third kappa shape index (κ3) is 6.45. The molecule has 3 aromatic rings. The number of methoxy groups -OCH3 is 2. The number of urea groups is 1. The summed E-state index contributed by atoms with van der Waals surface area (Å²) < 4.78 is 46.8. The summed E-state index contributed by atoms with van der Waals surface area (Å²) in [6.07, 6.45) is 3.29. The van der Waals surface area contributed by atoms with Gasteiger partial charge in [-0.3, -0.25) is 9.69 Å². The molecule has 3 aliphatic heterocycles. The first-order chi connectivity index (χ1) is 23.9. The average Bonchev–Trinajstić information content (AvgIpc) is 3.35. The van der Waals surface area contributed by atoms with E-state index in [2.05, 4.69) is 27.1 Å². The first-order valence-corrected chi connectivity index (χ1v) is 18.5. The molecule has 3 amide bonds. The summed E-state index contributed by atoms with van der Waals surface area (Å²) in [5.74, 6) is -0.547. The second-order valence-corrected chi connectivity index (χ2v) is 15.2. The van der Waals surface area contributed by atoms with Crippen molar-refractivity contribution < 1.29 is 32.2 Å². The Morgan fingerprint density at radius 2 is 1.70 bits per heavy atom. The van der Waals surface area contributed by atoms with Gasteiger partial charge in [0.1, 0.15) is 16.4 Å². The molecular formula is C35H43ClN6O7S. The Hall–Kier alpha value is -4.11. The predicted octanol–water partition coefficient (Wildman–Crippen LogP) is 3.94. The van der Waals surface area contributed by atoms with Crippen LogP contribution in [-0.4, -0.2) is 113 Å². The molecule has 0 bridgehead atoms. The van der Waals surface area contributed by atoms with Gasteiger partial charge in [-0.25, -0.2) is 18.2 Å². The SMILES string of the molecule is COc1ccc(S(=O)(=O)N2C(=O)C(NC(=O)N3CCN(C4CCN(C)CC4)CC3)(c3cccnc3OC(C)C)c3cc(Cl)ccc32)c(OC)c1. The van der Waals surface area contributed by atoms with E-state index >= 15 is 4.79 Å². The zero-order chi connectivity index (χ0) is 35.8. The highest BCUT2D eigenvalue weighted by molar-refractivity contribution is 7.93. The highest BCUT2D eigenvalue weighted by Crippen LogP contribution is 2.50. The summed E-state index contributed by atoms with van der Waals surface area (Å²) in [6.45, 7) is 7.89. The highest BCUT2D eigenvalue weighted by Gasteiger charge is 2.59. The van der Waals surface area contributed by atoms with Crippen molar-refractivity contribution >= 4 is 39.2 Å². The topological polar surface area (TPSA) is 134 Å². The first kappa shape index (κ1) is 35.7. The molecule has 4 heterocycles. The van der Waals surface area contributed by atoms with E-state index in [0.29, 0.717) is 42.3 Å². The van der Waals surface area contributed by atoms with Gasteiger partial charge in [-0.15, -0.1) is 0 Å². The van der Waals surface area contributed by atoms with Gasteiger partial charge in [0.25, 0.3) is 15.9 Å². The summed E-state index contributed by atoms with van der Waals surface area (Å²) in [5.41, 5.74) is -1.75. The lowest BCUT2D eigenvalue weighted by atomic mass is 9.84. The summed E-state index contributed by atoms with van der Waals surface area (Å²) in [6, 6.07) is 11.8.